The van der Waals surface area contributed by atoms with Crippen LogP contribution < -0.4 is 11.1 Å². The first-order valence-electron chi connectivity index (χ1n) is 5.45. The van der Waals surface area contributed by atoms with Crippen LogP contribution in [0.3, 0.4) is 0 Å². The van der Waals surface area contributed by atoms with Gasteiger partial charge in [-0.25, -0.2) is 0 Å². The number of hydrogen-bond acceptors (Lipinski definition) is 3. The van der Waals surface area contributed by atoms with Crippen LogP contribution in [0.4, 0.5) is 0 Å². The van der Waals surface area contributed by atoms with E-state index >= 15 is 0 Å². The van der Waals surface area contributed by atoms with Gasteiger partial charge in [0.05, 0.1) is 19.3 Å². The lowest BCUT2D eigenvalue weighted by atomic mass is 10.2. The lowest BCUT2D eigenvalue weighted by Gasteiger charge is -2.08. The Morgan fingerprint density at radius 2 is 2.12 bits per heavy atom. The molecule has 0 aliphatic carbocycles. The third kappa shape index (κ3) is 5.68. The minimum absolute atomic E-state index is 0.167. The average molecular weight is 257 g/mol. The first-order chi connectivity index (χ1) is 8.09. The lowest BCUT2D eigenvalue weighted by molar-refractivity contribution is -0.122. The maximum Gasteiger partial charge on any atom is 0.236 e. The van der Waals surface area contributed by atoms with Gasteiger partial charge in [-0.15, -0.1) is 0 Å². The van der Waals surface area contributed by atoms with E-state index in [1.165, 1.54) is 0 Å². The average Bonchev–Trinajstić information content (AvgIpc) is 2.30. The molecule has 1 aromatic rings. The zero-order valence-electron chi connectivity index (χ0n) is 9.78. The number of carbonyl (C=O) groups is 1. The molecule has 0 aliphatic heterocycles. The molecule has 1 aromatic carbocycles. The van der Waals surface area contributed by atoms with Crippen LogP contribution in [0.15, 0.2) is 24.3 Å². The lowest BCUT2D eigenvalue weighted by Crippen LogP contribution is -2.39. The summed E-state index contributed by atoms with van der Waals surface area (Å²) in [5.41, 5.74) is 6.44. The van der Waals surface area contributed by atoms with Crippen LogP contribution in [0.2, 0.25) is 5.02 Å². The molecule has 0 spiro atoms. The molecule has 0 unspecified atom stereocenters. The Morgan fingerprint density at radius 3 is 2.71 bits per heavy atom. The zero-order valence-corrected chi connectivity index (χ0v) is 10.5. The molecule has 1 rings (SSSR count). The van der Waals surface area contributed by atoms with Crippen molar-refractivity contribution in [1.82, 2.24) is 5.32 Å². The Morgan fingerprint density at radius 1 is 1.47 bits per heavy atom. The Kier molecular flexibility index (Phi) is 5.97. The van der Waals surface area contributed by atoms with Gasteiger partial charge in [0.15, 0.2) is 0 Å². The second-order valence-corrected chi connectivity index (χ2v) is 4.20. The molecule has 0 aromatic heterocycles. The van der Waals surface area contributed by atoms with Gasteiger partial charge in [-0.05, 0) is 24.6 Å². The maximum absolute atomic E-state index is 11.1. The summed E-state index contributed by atoms with van der Waals surface area (Å²) in [7, 11) is 0. The molecule has 5 heteroatoms. The summed E-state index contributed by atoms with van der Waals surface area (Å²) in [6.45, 7) is 3.07. The number of halogens is 1. The smallest absolute Gasteiger partial charge is 0.236 e. The van der Waals surface area contributed by atoms with Crippen LogP contribution >= 0.6 is 11.6 Å². The first-order valence-corrected chi connectivity index (χ1v) is 5.83. The van der Waals surface area contributed by atoms with E-state index in [4.69, 9.17) is 22.1 Å². The van der Waals surface area contributed by atoms with E-state index in [2.05, 4.69) is 5.32 Å². The highest BCUT2D eigenvalue weighted by molar-refractivity contribution is 6.30. The van der Waals surface area contributed by atoms with E-state index in [1.54, 1.807) is 6.92 Å². The number of ether oxygens (including phenoxy) is 1. The van der Waals surface area contributed by atoms with E-state index in [-0.39, 0.29) is 5.91 Å². The molecule has 4 nitrogen and oxygen atoms in total. The normalized spacial score (nSPS) is 12.2. The van der Waals surface area contributed by atoms with Crippen molar-refractivity contribution in [2.75, 3.05) is 13.2 Å². The highest BCUT2D eigenvalue weighted by Gasteiger charge is 2.04. The highest BCUT2D eigenvalue weighted by Crippen LogP contribution is 2.09. The number of benzene rings is 1. The summed E-state index contributed by atoms with van der Waals surface area (Å²) in [6, 6.07) is 6.97. The van der Waals surface area contributed by atoms with Crippen molar-refractivity contribution in [3.63, 3.8) is 0 Å². The monoisotopic (exact) mass is 256 g/mol. The van der Waals surface area contributed by atoms with Crippen molar-refractivity contribution in [3.05, 3.63) is 34.9 Å². The summed E-state index contributed by atoms with van der Waals surface area (Å²) in [5.74, 6) is -0.167. The molecule has 3 N–H and O–H groups in total. The van der Waals surface area contributed by atoms with Gasteiger partial charge >= 0.3 is 0 Å². The minimum atomic E-state index is -0.480. The molecule has 1 amide bonds. The fourth-order valence-corrected chi connectivity index (χ4v) is 1.30. The number of amides is 1. The molecule has 94 valence electrons. The highest BCUT2D eigenvalue weighted by atomic mass is 35.5. The molecular formula is C12H17ClN2O2. The summed E-state index contributed by atoms with van der Waals surface area (Å²) in [4.78, 5) is 11.1. The Labute approximate surface area is 106 Å². The number of rotatable bonds is 6. The molecule has 17 heavy (non-hydrogen) atoms. The van der Waals surface area contributed by atoms with Crippen molar-refractivity contribution in [2.45, 2.75) is 19.6 Å². The summed E-state index contributed by atoms with van der Waals surface area (Å²) in [5, 5.41) is 3.37. The van der Waals surface area contributed by atoms with Crippen LogP contribution in [-0.2, 0) is 16.1 Å². The number of nitrogens with two attached hydrogens (primary N) is 1. The number of carbonyl (C=O) groups excluding carboxylic acids is 1. The van der Waals surface area contributed by atoms with Crippen LogP contribution in [0.5, 0.6) is 0 Å². The number of hydrogen-bond donors (Lipinski definition) is 2. The SMILES string of the molecule is C[C@@H](N)C(=O)NCCOCc1ccc(Cl)cc1. The quantitative estimate of drug-likeness (QED) is 0.755. The van der Waals surface area contributed by atoms with Gasteiger partial charge < -0.3 is 15.8 Å². The van der Waals surface area contributed by atoms with Gasteiger partial charge in [-0.2, -0.15) is 0 Å². The molecule has 0 aliphatic rings. The predicted molar refractivity (Wildman–Crippen MR) is 67.8 cm³/mol. The summed E-state index contributed by atoms with van der Waals surface area (Å²) in [6.07, 6.45) is 0. The Hall–Kier alpha value is -1.10. The Balaban J connectivity index is 2.12. The summed E-state index contributed by atoms with van der Waals surface area (Å²) >= 11 is 5.76. The van der Waals surface area contributed by atoms with Gasteiger partial charge in [0.25, 0.3) is 0 Å². The van der Waals surface area contributed by atoms with Crippen LogP contribution in [0, 0.1) is 0 Å². The summed E-state index contributed by atoms with van der Waals surface area (Å²) < 4.78 is 5.39. The molecule has 0 bridgehead atoms. The van der Waals surface area contributed by atoms with Crippen molar-refractivity contribution in [1.29, 1.82) is 0 Å². The van der Waals surface area contributed by atoms with E-state index in [0.717, 1.165) is 5.56 Å². The van der Waals surface area contributed by atoms with Gasteiger partial charge in [-0.3, -0.25) is 4.79 Å². The van der Waals surface area contributed by atoms with E-state index < -0.39 is 6.04 Å². The van der Waals surface area contributed by atoms with E-state index in [0.29, 0.717) is 24.8 Å². The van der Waals surface area contributed by atoms with Crippen molar-refractivity contribution < 1.29 is 9.53 Å². The first kappa shape index (κ1) is 14.0. The predicted octanol–water partition coefficient (Wildman–Crippen LogP) is 1.32. The Bertz CT molecular complexity index is 352. The topological polar surface area (TPSA) is 64.4 Å². The molecule has 0 saturated carbocycles. The van der Waals surface area contributed by atoms with Gasteiger partial charge in [0.2, 0.25) is 5.91 Å². The van der Waals surface area contributed by atoms with Crippen LogP contribution in [0.25, 0.3) is 0 Å². The molecule has 0 saturated heterocycles. The van der Waals surface area contributed by atoms with Crippen LogP contribution in [0.1, 0.15) is 12.5 Å². The molecular weight excluding hydrogens is 240 g/mol. The largest absolute Gasteiger partial charge is 0.375 e. The third-order valence-electron chi connectivity index (χ3n) is 2.14. The second-order valence-electron chi connectivity index (χ2n) is 3.76. The van der Waals surface area contributed by atoms with Gasteiger partial charge in [0.1, 0.15) is 0 Å². The molecule has 0 radical (unpaired) electrons. The van der Waals surface area contributed by atoms with Crippen molar-refractivity contribution >= 4 is 17.5 Å². The molecule has 0 fully saturated rings. The zero-order chi connectivity index (χ0) is 12.7. The van der Waals surface area contributed by atoms with Crippen molar-refractivity contribution in [2.24, 2.45) is 5.73 Å². The maximum atomic E-state index is 11.1. The van der Waals surface area contributed by atoms with Gasteiger partial charge in [-0.1, -0.05) is 23.7 Å². The fraction of sp³-hybridized carbons (Fsp3) is 0.417. The van der Waals surface area contributed by atoms with E-state index in [1.807, 2.05) is 24.3 Å². The van der Waals surface area contributed by atoms with E-state index in [9.17, 15) is 4.79 Å². The van der Waals surface area contributed by atoms with Gasteiger partial charge in [0, 0.05) is 11.6 Å². The third-order valence-corrected chi connectivity index (χ3v) is 2.39. The molecule has 0 heterocycles. The standard InChI is InChI=1S/C12H17ClN2O2/c1-9(14)12(16)15-6-7-17-8-10-2-4-11(13)5-3-10/h2-5,9H,6-8,14H2,1H3,(H,15,16)/t9-/m1/s1. The second kappa shape index (κ2) is 7.27. The van der Waals surface area contributed by atoms with Crippen molar-refractivity contribution in [3.8, 4) is 0 Å². The minimum Gasteiger partial charge on any atom is -0.375 e. The van der Waals surface area contributed by atoms with Crippen LogP contribution in [-0.4, -0.2) is 25.1 Å². The number of nitrogens with one attached hydrogen (secondary N) is 1. The fourth-order valence-electron chi connectivity index (χ4n) is 1.18. The molecule has 1 atom stereocenters.